The SMILES string of the molecule is NC(=O)c1ccc(CNCCCOCC2CC2)c(F)c1. The van der Waals surface area contributed by atoms with E-state index in [1.807, 2.05) is 0 Å². The normalized spacial score (nSPS) is 14.4. The van der Waals surface area contributed by atoms with Crippen molar-refractivity contribution in [2.45, 2.75) is 25.8 Å². The van der Waals surface area contributed by atoms with Gasteiger partial charge in [0.25, 0.3) is 0 Å². The lowest BCUT2D eigenvalue weighted by atomic mass is 10.1. The van der Waals surface area contributed by atoms with Crippen molar-refractivity contribution in [2.75, 3.05) is 19.8 Å². The molecule has 0 aromatic heterocycles. The molecule has 0 saturated heterocycles. The van der Waals surface area contributed by atoms with Gasteiger partial charge in [-0.15, -0.1) is 0 Å². The van der Waals surface area contributed by atoms with Crippen LogP contribution in [0.2, 0.25) is 0 Å². The van der Waals surface area contributed by atoms with Gasteiger partial charge in [-0.2, -0.15) is 0 Å². The number of ether oxygens (including phenoxy) is 1. The summed E-state index contributed by atoms with van der Waals surface area (Å²) in [6.45, 7) is 2.84. The van der Waals surface area contributed by atoms with Gasteiger partial charge in [-0.3, -0.25) is 4.79 Å². The summed E-state index contributed by atoms with van der Waals surface area (Å²) in [4.78, 5) is 10.9. The van der Waals surface area contributed by atoms with E-state index in [0.29, 0.717) is 12.1 Å². The van der Waals surface area contributed by atoms with Gasteiger partial charge >= 0.3 is 0 Å². The van der Waals surface area contributed by atoms with Gasteiger partial charge in [0.05, 0.1) is 0 Å². The van der Waals surface area contributed by atoms with Gasteiger partial charge in [-0.1, -0.05) is 6.07 Å². The average molecular weight is 280 g/mol. The molecule has 2 rings (SSSR count). The fourth-order valence-electron chi connectivity index (χ4n) is 1.90. The van der Waals surface area contributed by atoms with Crippen molar-refractivity contribution in [1.82, 2.24) is 5.32 Å². The zero-order chi connectivity index (χ0) is 14.4. The van der Waals surface area contributed by atoms with Crippen molar-refractivity contribution in [3.63, 3.8) is 0 Å². The lowest BCUT2D eigenvalue weighted by molar-refractivity contribution is 0.1000. The highest BCUT2D eigenvalue weighted by Crippen LogP contribution is 2.28. The molecule has 0 atom stereocenters. The van der Waals surface area contributed by atoms with Crippen LogP contribution in [0.25, 0.3) is 0 Å². The number of nitrogens with two attached hydrogens (primary N) is 1. The van der Waals surface area contributed by atoms with Gasteiger partial charge in [0.15, 0.2) is 0 Å². The molecule has 0 radical (unpaired) electrons. The zero-order valence-electron chi connectivity index (χ0n) is 11.5. The zero-order valence-corrected chi connectivity index (χ0v) is 11.5. The van der Waals surface area contributed by atoms with E-state index in [1.54, 1.807) is 12.1 Å². The highest BCUT2D eigenvalue weighted by molar-refractivity contribution is 5.92. The summed E-state index contributed by atoms with van der Waals surface area (Å²) in [5.41, 5.74) is 5.82. The molecule has 0 aliphatic heterocycles. The van der Waals surface area contributed by atoms with E-state index in [2.05, 4.69) is 5.32 Å². The van der Waals surface area contributed by atoms with Crippen molar-refractivity contribution in [3.8, 4) is 0 Å². The molecular formula is C15H21FN2O2. The maximum Gasteiger partial charge on any atom is 0.248 e. The van der Waals surface area contributed by atoms with Crippen LogP contribution in [0.3, 0.4) is 0 Å². The molecule has 0 bridgehead atoms. The number of carbonyl (C=O) groups is 1. The first-order valence-electron chi connectivity index (χ1n) is 7.03. The Kier molecular flexibility index (Phi) is 5.49. The molecule has 1 aliphatic rings. The van der Waals surface area contributed by atoms with Gasteiger partial charge < -0.3 is 15.8 Å². The lowest BCUT2D eigenvalue weighted by Gasteiger charge is -2.07. The van der Waals surface area contributed by atoms with E-state index >= 15 is 0 Å². The summed E-state index contributed by atoms with van der Waals surface area (Å²) >= 11 is 0. The number of nitrogens with one attached hydrogen (secondary N) is 1. The van der Waals surface area contributed by atoms with Crippen molar-refractivity contribution in [1.29, 1.82) is 0 Å². The van der Waals surface area contributed by atoms with Crippen LogP contribution in [0.5, 0.6) is 0 Å². The molecule has 1 fully saturated rings. The number of rotatable bonds is 9. The number of benzene rings is 1. The minimum atomic E-state index is -0.615. The van der Waals surface area contributed by atoms with Crippen molar-refractivity contribution < 1.29 is 13.9 Å². The summed E-state index contributed by atoms with van der Waals surface area (Å²) in [6.07, 6.45) is 3.52. The van der Waals surface area contributed by atoms with Gasteiger partial charge in [-0.25, -0.2) is 4.39 Å². The number of hydrogen-bond donors (Lipinski definition) is 2. The molecule has 4 nitrogen and oxygen atoms in total. The second kappa shape index (κ2) is 7.36. The third-order valence-corrected chi connectivity index (χ3v) is 3.35. The van der Waals surface area contributed by atoms with E-state index < -0.39 is 11.7 Å². The maximum atomic E-state index is 13.7. The smallest absolute Gasteiger partial charge is 0.248 e. The first-order valence-corrected chi connectivity index (χ1v) is 7.03. The Labute approximate surface area is 118 Å². The monoisotopic (exact) mass is 280 g/mol. The summed E-state index contributed by atoms with van der Waals surface area (Å²) in [6, 6.07) is 4.31. The number of amides is 1. The fourth-order valence-corrected chi connectivity index (χ4v) is 1.90. The summed E-state index contributed by atoms with van der Waals surface area (Å²) < 4.78 is 19.2. The Hall–Kier alpha value is -1.46. The van der Waals surface area contributed by atoms with Crippen molar-refractivity contribution in [3.05, 3.63) is 35.1 Å². The molecule has 1 aromatic carbocycles. The topological polar surface area (TPSA) is 64.4 Å². The Balaban J connectivity index is 1.61. The molecule has 20 heavy (non-hydrogen) atoms. The van der Waals surface area contributed by atoms with E-state index in [0.717, 1.165) is 32.1 Å². The van der Waals surface area contributed by atoms with Gasteiger partial charge in [-0.05, 0) is 43.9 Å². The van der Waals surface area contributed by atoms with Gasteiger partial charge in [0, 0.05) is 30.9 Å². The Morgan fingerprint density at radius 1 is 1.45 bits per heavy atom. The lowest BCUT2D eigenvalue weighted by Crippen LogP contribution is -2.18. The summed E-state index contributed by atoms with van der Waals surface area (Å²) in [5.74, 6) is -0.226. The quantitative estimate of drug-likeness (QED) is 0.678. The molecule has 110 valence electrons. The van der Waals surface area contributed by atoms with Crippen LogP contribution >= 0.6 is 0 Å². The molecule has 1 amide bonds. The summed E-state index contributed by atoms with van der Waals surface area (Å²) in [5, 5.41) is 3.16. The molecule has 3 N–H and O–H groups in total. The Morgan fingerprint density at radius 2 is 2.25 bits per heavy atom. The molecule has 0 spiro atoms. The number of carbonyl (C=O) groups excluding carboxylic acids is 1. The first kappa shape index (κ1) is 14.9. The minimum Gasteiger partial charge on any atom is -0.381 e. The minimum absolute atomic E-state index is 0.194. The number of halogens is 1. The maximum absolute atomic E-state index is 13.7. The van der Waals surface area contributed by atoms with Gasteiger partial charge in [0.2, 0.25) is 5.91 Å². The Morgan fingerprint density at radius 3 is 2.90 bits per heavy atom. The fraction of sp³-hybridized carbons (Fsp3) is 0.533. The molecule has 1 saturated carbocycles. The van der Waals surface area contributed by atoms with Crippen LogP contribution in [0.4, 0.5) is 4.39 Å². The van der Waals surface area contributed by atoms with Crippen LogP contribution in [0, 0.1) is 11.7 Å². The predicted octanol–water partition coefficient (Wildman–Crippen LogP) is 1.83. The first-order chi connectivity index (χ1) is 9.66. The second-order valence-corrected chi connectivity index (χ2v) is 5.22. The van der Waals surface area contributed by atoms with Crippen LogP contribution < -0.4 is 11.1 Å². The third-order valence-electron chi connectivity index (χ3n) is 3.35. The molecule has 1 aliphatic carbocycles. The van der Waals surface area contributed by atoms with Crippen LogP contribution in [0.1, 0.15) is 35.2 Å². The summed E-state index contributed by atoms with van der Waals surface area (Å²) in [7, 11) is 0. The van der Waals surface area contributed by atoms with E-state index in [1.165, 1.54) is 18.9 Å². The number of primary amides is 1. The van der Waals surface area contributed by atoms with E-state index in [-0.39, 0.29) is 5.56 Å². The third kappa shape index (κ3) is 4.90. The number of hydrogen-bond acceptors (Lipinski definition) is 3. The van der Waals surface area contributed by atoms with Crippen molar-refractivity contribution in [2.24, 2.45) is 11.7 Å². The second-order valence-electron chi connectivity index (χ2n) is 5.22. The molecule has 1 aromatic rings. The highest BCUT2D eigenvalue weighted by Gasteiger charge is 2.20. The molecule has 0 heterocycles. The molecular weight excluding hydrogens is 259 g/mol. The molecule has 0 unspecified atom stereocenters. The van der Waals surface area contributed by atoms with Crippen LogP contribution in [0.15, 0.2) is 18.2 Å². The largest absolute Gasteiger partial charge is 0.381 e. The Bertz CT molecular complexity index is 461. The molecule has 5 heteroatoms. The standard InChI is InChI=1S/C15H21FN2O2/c16-14-8-12(15(17)19)4-5-13(14)9-18-6-1-7-20-10-11-2-3-11/h4-5,8,11,18H,1-3,6-7,9-10H2,(H2,17,19). The van der Waals surface area contributed by atoms with Crippen LogP contribution in [-0.2, 0) is 11.3 Å². The van der Waals surface area contributed by atoms with Crippen molar-refractivity contribution >= 4 is 5.91 Å². The van der Waals surface area contributed by atoms with E-state index in [9.17, 15) is 9.18 Å². The van der Waals surface area contributed by atoms with Gasteiger partial charge in [0.1, 0.15) is 5.82 Å². The average Bonchev–Trinajstić information content (AvgIpc) is 3.23. The van der Waals surface area contributed by atoms with E-state index in [4.69, 9.17) is 10.5 Å². The van der Waals surface area contributed by atoms with Crippen LogP contribution in [-0.4, -0.2) is 25.7 Å². The predicted molar refractivity (Wildman–Crippen MR) is 74.8 cm³/mol. The highest BCUT2D eigenvalue weighted by atomic mass is 19.1.